The van der Waals surface area contributed by atoms with Crippen molar-refractivity contribution in [2.45, 2.75) is 14.7 Å². The Morgan fingerprint density at radius 1 is 0.745 bits per heavy atom. The van der Waals surface area contributed by atoms with Crippen molar-refractivity contribution in [3.63, 3.8) is 0 Å². The van der Waals surface area contributed by atoms with Crippen molar-refractivity contribution in [2.75, 3.05) is 23.6 Å². The second kappa shape index (κ2) is 25.7. The van der Waals surface area contributed by atoms with E-state index in [1.807, 2.05) is 0 Å². The summed E-state index contributed by atoms with van der Waals surface area (Å²) in [6.07, 6.45) is 0. The fourth-order valence-electron chi connectivity index (χ4n) is 4.04. The summed E-state index contributed by atoms with van der Waals surface area (Å²) < 4.78 is 107. The number of phenols is 1. The minimum absolute atomic E-state index is 0. The standard InChI is InChI=1S/C25H23N5O16S5.4Na/c31-25-17-9-10-20(26-14-50(36,37)38)23(29-27-15-5-7-16(8-6-15)49(34,35)12-11-42-48-46-44-33)18(17)13-21(47-45-43-32)24(25)30-28-19-3-1-2-4-22(19)51(39,40)41;;;;/h1-10,13,26,31-33H,11-12,14H2,(H,36,37,38)(H,39,40,41);;;;/q;4*+1/p-4. The maximum atomic E-state index is 12.6. The third kappa shape index (κ3) is 16.6. The summed E-state index contributed by atoms with van der Waals surface area (Å²) in [5.41, 5.74) is -0.975. The van der Waals surface area contributed by atoms with Gasteiger partial charge in [-0.05, 0) is 54.6 Å². The molecule has 0 aliphatic carbocycles. The van der Waals surface area contributed by atoms with E-state index in [1.165, 1.54) is 54.6 Å². The third-order valence-electron chi connectivity index (χ3n) is 6.19. The van der Waals surface area contributed by atoms with Crippen molar-refractivity contribution < 1.29 is 191 Å². The van der Waals surface area contributed by atoms with Crippen LogP contribution < -0.4 is 134 Å². The summed E-state index contributed by atoms with van der Waals surface area (Å²) in [6, 6.07) is 13.5. The van der Waals surface area contributed by atoms with E-state index in [1.54, 1.807) is 0 Å². The van der Waals surface area contributed by atoms with Crippen molar-refractivity contribution >= 4 is 93.6 Å². The van der Waals surface area contributed by atoms with Gasteiger partial charge in [0.05, 0.1) is 50.5 Å². The largest absolute Gasteiger partial charge is 1.00 e. The number of anilines is 1. The number of fused-ring (bicyclic) bond motifs is 1. The van der Waals surface area contributed by atoms with Gasteiger partial charge in [-0.15, -0.1) is 19.7 Å². The summed E-state index contributed by atoms with van der Waals surface area (Å²) >= 11 is 0.364. The molecule has 0 bridgehead atoms. The van der Waals surface area contributed by atoms with E-state index in [0.717, 1.165) is 12.1 Å². The van der Waals surface area contributed by atoms with Crippen LogP contribution in [0.4, 0.5) is 28.4 Å². The molecular formula is C25H19N5Na4O16S5. The molecule has 0 saturated heterocycles. The Morgan fingerprint density at radius 2 is 1.38 bits per heavy atom. The molecule has 4 rings (SSSR count). The molecular weight excluding hydrogens is 879 g/mol. The molecule has 0 saturated carbocycles. The van der Waals surface area contributed by atoms with E-state index in [2.05, 4.69) is 44.5 Å². The minimum atomic E-state index is -4.98. The van der Waals surface area contributed by atoms with Crippen molar-refractivity contribution in [3.05, 3.63) is 66.7 Å². The number of nitrogens with one attached hydrogen (secondary N) is 1. The molecule has 0 aliphatic rings. The molecule has 0 fully saturated rings. The van der Waals surface area contributed by atoms with Crippen molar-refractivity contribution in [1.82, 2.24) is 0 Å². The van der Waals surface area contributed by atoms with E-state index in [9.17, 15) is 50.0 Å². The van der Waals surface area contributed by atoms with Crippen LogP contribution in [0.1, 0.15) is 0 Å². The van der Waals surface area contributed by atoms with E-state index in [0.29, 0.717) is 0 Å². The van der Waals surface area contributed by atoms with Crippen LogP contribution >= 0.6 is 24.4 Å². The number of phenolic OH excluding ortho intramolecular Hbond substituents is 1. The molecule has 0 unspecified atom stereocenters. The topological polar surface area (TPSA) is 323 Å². The Morgan fingerprint density at radius 3 is 2.00 bits per heavy atom. The zero-order valence-electron chi connectivity index (χ0n) is 28.9. The molecule has 0 radical (unpaired) electrons. The molecule has 55 heavy (non-hydrogen) atoms. The fraction of sp³-hybridized carbons (Fsp3) is 0.120. The Hall–Kier alpha value is 0.130. The van der Waals surface area contributed by atoms with Crippen LogP contribution in [0.25, 0.3) is 10.8 Å². The average Bonchev–Trinajstić information content (AvgIpc) is 3.08. The van der Waals surface area contributed by atoms with Gasteiger partial charge in [0.25, 0.3) is 0 Å². The predicted octanol–water partition coefficient (Wildman–Crippen LogP) is -8.98. The second-order valence-electron chi connectivity index (χ2n) is 9.39. The summed E-state index contributed by atoms with van der Waals surface area (Å²) in [5, 5.41) is 56.3. The quantitative estimate of drug-likeness (QED) is 0.0178. The fourth-order valence-corrected chi connectivity index (χ4v) is 6.88. The molecule has 0 aliphatic heterocycles. The summed E-state index contributed by atoms with van der Waals surface area (Å²) in [5.74, 6) is -2.24. The smallest absolute Gasteiger partial charge is 0.747 e. The van der Waals surface area contributed by atoms with E-state index in [4.69, 9.17) is 4.18 Å². The maximum absolute atomic E-state index is 12.6. The number of hydrogen-bond donors (Lipinski definition) is 2. The predicted molar refractivity (Wildman–Crippen MR) is 169 cm³/mol. The second-order valence-corrected chi connectivity index (χ2v) is 15.5. The molecule has 0 atom stereocenters. The zero-order valence-corrected chi connectivity index (χ0v) is 41.0. The molecule has 2 N–H and O–H groups in total. The van der Waals surface area contributed by atoms with Crippen molar-refractivity contribution in [3.8, 4) is 5.75 Å². The van der Waals surface area contributed by atoms with Gasteiger partial charge in [0.1, 0.15) is 43.2 Å². The number of azo groups is 2. The number of nitrogens with zero attached hydrogens (tertiary/aromatic N) is 4. The normalized spacial score (nSPS) is 11.8. The van der Waals surface area contributed by atoms with Gasteiger partial charge in [-0.2, -0.15) is 9.45 Å². The first-order chi connectivity index (χ1) is 24.1. The molecule has 0 spiro atoms. The van der Waals surface area contributed by atoms with E-state index < -0.39 is 58.0 Å². The number of aromatic hydroxyl groups is 1. The van der Waals surface area contributed by atoms with Gasteiger partial charge in [0.2, 0.25) is 0 Å². The van der Waals surface area contributed by atoms with Gasteiger partial charge in [-0.1, -0.05) is 12.1 Å². The molecule has 30 heteroatoms. The monoisotopic (exact) mass is 897 g/mol. The summed E-state index contributed by atoms with van der Waals surface area (Å²) in [4.78, 5) is -1.05. The number of benzene rings is 4. The Bertz CT molecular complexity index is 2280. The first-order valence-corrected chi connectivity index (χ1v) is 19.3. The Labute approximate surface area is 410 Å². The average molecular weight is 898 g/mol. The van der Waals surface area contributed by atoms with Gasteiger partial charge < -0.3 is 30.0 Å². The molecule has 0 aromatic heterocycles. The van der Waals surface area contributed by atoms with Crippen LogP contribution in [-0.4, -0.2) is 57.7 Å². The zero-order chi connectivity index (χ0) is 37.2. The molecule has 4 aromatic carbocycles. The van der Waals surface area contributed by atoms with Gasteiger partial charge in [-0.25, -0.2) is 25.3 Å². The van der Waals surface area contributed by atoms with Crippen LogP contribution in [0.3, 0.4) is 0 Å². The van der Waals surface area contributed by atoms with Crippen LogP contribution in [0.2, 0.25) is 0 Å². The number of sulfone groups is 1. The first-order valence-electron chi connectivity index (χ1n) is 13.2. The van der Waals surface area contributed by atoms with Gasteiger partial charge in [0, 0.05) is 10.8 Å². The summed E-state index contributed by atoms with van der Waals surface area (Å²) in [6.45, 7) is -0.356. The molecule has 274 valence electrons. The summed E-state index contributed by atoms with van der Waals surface area (Å²) in [7, 11) is -13.7. The van der Waals surface area contributed by atoms with Crippen LogP contribution in [0.5, 0.6) is 5.75 Å². The molecule has 4 aromatic rings. The van der Waals surface area contributed by atoms with E-state index in [-0.39, 0.29) is 193 Å². The molecule has 21 nitrogen and oxygen atoms in total. The van der Waals surface area contributed by atoms with Gasteiger partial charge >= 0.3 is 118 Å². The van der Waals surface area contributed by atoms with Crippen molar-refractivity contribution in [2.24, 2.45) is 20.5 Å². The third-order valence-corrected chi connectivity index (χ3v) is 10.3. The number of rotatable bonds is 18. The SMILES string of the molecule is O=S(=O)([O-])CNc1ccc2c(O)c(N=Nc3ccccc3S(=O)(=O)[O-])c(SOO[O-])cc2c1N=Nc1ccc(S(=O)(=O)CCOSOO[O-])cc1.[Na+].[Na+].[Na+].[Na+]. The van der Waals surface area contributed by atoms with Gasteiger partial charge in [-0.3, -0.25) is 14.3 Å². The van der Waals surface area contributed by atoms with Crippen LogP contribution in [0, 0.1) is 0 Å². The van der Waals surface area contributed by atoms with Crippen LogP contribution in [0.15, 0.2) is 102 Å². The Balaban J connectivity index is 0.00000729. The maximum Gasteiger partial charge on any atom is 1.00 e. The molecule has 0 heterocycles. The Kier molecular flexibility index (Phi) is 25.7. The molecule has 0 amide bonds. The minimum Gasteiger partial charge on any atom is -0.747 e. The first kappa shape index (κ1) is 55.1. The van der Waals surface area contributed by atoms with E-state index >= 15 is 0 Å². The van der Waals surface area contributed by atoms with Crippen LogP contribution in [-0.2, 0) is 53.0 Å². The van der Waals surface area contributed by atoms with Crippen molar-refractivity contribution in [1.29, 1.82) is 0 Å². The van der Waals surface area contributed by atoms with Gasteiger partial charge in [0.15, 0.2) is 27.9 Å². The number of hydrogen-bond acceptors (Lipinski definition) is 23.